The Kier molecular flexibility index (Phi) is 7.67. The molecule has 0 saturated heterocycles. The van der Waals surface area contributed by atoms with Gasteiger partial charge in [0.25, 0.3) is 11.1 Å². The third kappa shape index (κ3) is 5.33. The van der Waals surface area contributed by atoms with Crippen LogP contribution < -0.4 is 22.1 Å². The summed E-state index contributed by atoms with van der Waals surface area (Å²) < 4.78 is 31.1. The summed E-state index contributed by atoms with van der Waals surface area (Å²) in [5.74, 6) is -1.04. The van der Waals surface area contributed by atoms with E-state index in [1.165, 1.54) is 52.6 Å². The molecule has 210 valence electrons. The number of nitrogens with zero attached hydrogens (tertiary/aromatic N) is 4. The first-order chi connectivity index (χ1) is 19.7. The van der Waals surface area contributed by atoms with Gasteiger partial charge in [-0.3, -0.25) is 14.2 Å². The monoisotopic (exact) mass is 557 g/mol. The van der Waals surface area contributed by atoms with Crippen molar-refractivity contribution in [1.29, 1.82) is 0 Å². The summed E-state index contributed by atoms with van der Waals surface area (Å²) in [5, 5.41) is 3.41. The van der Waals surface area contributed by atoms with Crippen molar-refractivity contribution in [2.45, 2.75) is 6.42 Å². The van der Waals surface area contributed by atoms with Crippen LogP contribution >= 0.6 is 0 Å². The summed E-state index contributed by atoms with van der Waals surface area (Å²) in [4.78, 5) is 44.2. The Balaban J connectivity index is 1.94. The van der Waals surface area contributed by atoms with Crippen LogP contribution in [0.1, 0.15) is 11.1 Å². The first-order valence-electron chi connectivity index (χ1n) is 13.1. The normalized spacial score (nSPS) is 11.4. The van der Waals surface area contributed by atoms with Gasteiger partial charge in [0.05, 0.1) is 17.1 Å². The highest BCUT2D eigenvalue weighted by Gasteiger charge is 2.25. The lowest BCUT2D eigenvalue weighted by molar-refractivity contribution is 0.425. The molecule has 0 amide bonds. The Morgan fingerprint density at radius 3 is 1.88 bits per heavy atom. The van der Waals surface area contributed by atoms with Crippen molar-refractivity contribution in [2.75, 3.05) is 32.5 Å². The number of hydrogen-bond donors (Lipinski definition) is 1. The van der Waals surface area contributed by atoms with Crippen molar-refractivity contribution in [2.24, 2.45) is 7.05 Å². The standard InChI is InChI=1S/C31H29F2N5O3/c1-35(2)18-17-34-27-25(19-20-7-5-4-6-8-20)29(39)36(3)28-26(27)30(40)38(24-15-11-22(33)12-16-24)31(41)37(28)23-13-9-21(32)10-14-23/h4-16,34H,17-19H2,1-3H3. The predicted octanol–water partition coefficient (Wildman–Crippen LogP) is 3.68. The number of hydrogen-bond acceptors (Lipinski definition) is 5. The lowest BCUT2D eigenvalue weighted by Gasteiger charge is -2.22. The topological polar surface area (TPSA) is 81.3 Å². The molecular formula is C31H29F2N5O3. The van der Waals surface area contributed by atoms with Crippen LogP contribution in [-0.4, -0.2) is 45.8 Å². The van der Waals surface area contributed by atoms with Crippen molar-refractivity contribution in [1.82, 2.24) is 18.6 Å². The predicted molar refractivity (Wildman–Crippen MR) is 157 cm³/mol. The summed E-state index contributed by atoms with van der Waals surface area (Å²) in [6.45, 7) is 1.01. The molecule has 0 atom stereocenters. The van der Waals surface area contributed by atoms with E-state index >= 15 is 0 Å². The largest absolute Gasteiger partial charge is 0.383 e. The Morgan fingerprint density at radius 1 is 0.756 bits per heavy atom. The molecule has 0 spiro atoms. The van der Waals surface area contributed by atoms with E-state index in [4.69, 9.17) is 0 Å². The minimum atomic E-state index is -0.786. The molecule has 5 rings (SSSR count). The van der Waals surface area contributed by atoms with Crippen molar-refractivity contribution < 1.29 is 8.78 Å². The molecule has 1 N–H and O–H groups in total. The van der Waals surface area contributed by atoms with Gasteiger partial charge < -0.3 is 10.2 Å². The minimum absolute atomic E-state index is 0.0548. The molecule has 0 bridgehead atoms. The highest BCUT2D eigenvalue weighted by atomic mass is 19.1. The van der Waals surface area contributed by atoms with Gasteiger partial charge in [0.1, 0.15) is 22.7 Å². The van der Waals surface area contributed by atoms with Gasteiger partial charge in [0, 0.05) is 32.1 Å². The lowest BCUT2D eigenvalue weighted by atomic mass is 10.0. The van der Waals surface area contributed by atoms with Crippen molar-refractivity contribution in [3.63, 3.8) is 0 Å². The van der Waals surface area contributed by atoms with Crippen LogP contribution in [-0.2, 0) is 13.5 Å². The minimum Gasteiger partial charge on any atom is -0.383 e. The van der Waals surface area contributed by atoms with Gasteiger partial charge in [0.15, 0.2) is 0 Å². The Labute approximate surface area is 234 Å². The average molecular weight is 558 g/mol. The zero-order valence-electron chi connectivity index (χ0n) is 22.9. The Bertz CT molecular complexity index is 1890. The fraction of sp³-hybridized carbons (Fsp3) is 0.194. The van der Waals surface area contributed by atoms with E-state index in [0.717, 1.165) is 22.3 Å². The van der Waals surface area contributed by atoms with E-state index in [1.807, 2.05) is 49.3 Å². The molecule has 0 aliphatic heterocycles. The van der Waals surface area contributed by atoms with Crippen molar-refractivity contribution in [3.8, 4) is 11.4 Å². The maximum absolute atomic E-state index is 14.3. The van der Waals surface area contributed by atoms with Crippen LogP contribution in [0.5, 0.6) is 0 Å². The van der Waals surface area contributed by atoms with E-state index < -0.39 is 22.9 Å². The third-order valence-electron chi connectivity index (χ3n) is 6.92. The van der Waals surface area contributed by atoms with Gasteiger partial charge in [-0.15, -0.1) is 0 Å². The SMILES string of the molecule is CN(C)CCNc1c(Cc2ccccc2)c(=O)n(C)c2c1c(=O)n(-c1ccc(F)cc1)c(=O)n2-c1ccc(F)cc1. The molecule has 0 aliphatic carbocycles. The number of pyridine rings is 1. The lowest BCUT2D eigenvalue weighted by Crippen LogP contribution is -2.41. The zero-order chi connectivity index (χ0) is 29.3. The van der Waals surface area contributed by atoms with Crippen LogP contribution in [0.3, 0.4) is 0 Å². The number of fused-ring (bicyclic) bond motifs is 1. The molecule has 3 aromatic carbocycles. The van der Waals surface area contributed by atoms with Crippen molar-refractivity contribution in [3.05, 3.63) is 133 Å². The fourth-order valence-corrected chi connectivity index (χ4v) is 4.89. The van der Waals surface area contributed by atoms with E-state index in [-0.39, 0.29) is 34.4 Å². The van der Waals surface area contributed by atoms with Gasteiger partial charge in [-0.05, 0) is 68.2 Å². The smallest absolute Gasteiger partial charge is 0.341 e. The number of aryl methyl sites for hydroxylation is 1. The Morgan fingerprint density at radius 2 is 1.32 bits per heavy atom. The maximum Gasteiger partial charge on any atom is 0.341 e. The summed E-state index contributed by atoms with van der Waals surface area (Å²) in [6, 6.07) is 19.6. The molecule has 2 aromatic heterocycles. The van der Waals surface area contributed by atoms with Crippen LogP contribution in [0.15, 0.2) is 93.2 Å². The van der Waals surface area contributed by atoms with Gasteiger partial charge >= 0.3 is 5.69 Å². The number of anilines is 1. The molecule has 0 radical (unpaired) electrons. The second-order valence-electron chi connectivity index (χ2n) is 10.0. The number of likely N-dealkylation sites (N-methyl/N-ethyl adjacent to an activating group) is 1. The first kappa shape index (κ1) is 27.7. The number of aromatic nitrogens is 3. The van der Waals surface area contributed by atoms with E-state index in [2.05, 4.69) is 5.32 Å². The molecule has 10 heteroatoms. The maximum atomic E-state index is 14.3. The average Bonchev–Trinajstić information content (AvgIpc) is 2.95. The number of benzene rings is 3. The van der Waals surface area contributed by atoms with Gasteiger partial charge in [-0.25, -0.2) is 22.7 Å². The Hall–Kier alpha value is -4.83. The molecular weight excluding hydrogens is 528 g/mol. The third-order valence-corrected chi connectivity index (χ3v) is 6.92. The van der Waals surface area contributed by atoms with E-state index in [9.17, 15) is 23.2 Å². The molecule has 8 nitrogen and oxygen atoms in total. The molecule has 0 saturated carbocycles. The second kappa shape index (κ2) is 11.3. The van der Waals surface area contributed by atoms with Gasteiger partial charge in [-0.2, -0.15) is 0 Å². The van der Waals surface area contributed by atoms with E-state index in [1.54, 1.807) is 0 Å². The number of nitrogens with one attached hydrogen (secondary N) is 1. The van der Waals surface area contributed by atoms with Crippen LogP contribution in [0.2, 0.25) is 0 Å². The van der Waals surface area contributed by atoms with Crippen LogP contribution in [0.25, 0.3) is 22.4 Å². The number of halogens is 2. The quantitative estimate of drug-likeness (QED) is 0.315. The highest BCUT2D eigenvalue weighted by Crippen LogP contribution is 2.26. The van der Waals surface area contributed by atoms with Crippen LogP contribution in [0.4, 0.5) is 14.5 Å². The van der Waals surface area contributed by atoms with Crippen molar-refractivity contribution >= 4 is 16.7 Å². The molecule has 0 aliphatic rings. The van der Waals surface area contributed by atoms with Gasteiger partial charge in [-0.1, -0.05) is 30.3 Å². The zero-order valence-corrected chi connectivity index (χ0v) is 22.9. The molecule has 0 fully saturated rings. The fourth-order valence-electron chi connectivity index (χ4n) is 4.89. The van der Waals surface area contributed by atoms with E-state index in [0.29, 0.717) is 24.3 Å². The second-order valence-corrected chi connectivity index (χ2v) is 10.0. The molecule has 41 heavy (non-hydrogen) atoms. The highest BCUT2D eigenvalue weighted by molar-refractivity contribution is 5.92. The van der Waals surface area contributed by atoms with Crippen LogP contribution in [0, 0.1) is 11.6 Å². The van der Waals surface area contributed by atoms with Gasteiger partial charge in [0.2, 0.25) is 0 Å². The summed E-state index contributed by atoms with van der Waals surface area (Å²) in [7, 11) is 5.31. The molecule has 0 unspecified atom stereocenters. The summed E-state index contributed by atoms with van der Waals surface area (Å²) >= 11 is 0. The summed E-state index contributed by atoms with van der Waals surface area (Å²) in [5.41, 5.74) is 0.145. The molecule has 2 heterocycles. The number of rotatable bonds is 8. The summed E-state index contributed by atoms with van der Waals surface area (Å²) in [6.07, 6.45) is 0.236. The molecule has 5 aromatic rings. The first-order valence-corrected chi connectivity index (χ1v) is 13.1.